The molecule has 0 atom stereocenters. The van der Waals surface area contributed by atoms with Gasteiger partial charge in [0.2, 0.25) is 0 Å². The highest BCUT2D eigenvalue weighted by atomic mass is 35.5. The molecule has 0 aliphatic carbocycles. The Labute approximate surface area is 110 Å². The maximum Gasteiger partial charge on any atom is 0.139 e. The first-order valence-electron chi connectivity index (χ1n) is 5.71. The largest absolute Gasteiger partial charge is 0.325 e. The van der Waals surface area contributed by atoms with E-state index in [4.69, 9.17) is 17.3 Å². The molecule has 1 aromatic carbocycles. The van der Waals surface area contributed by atoms with Crippen molar-refractivity contribution in [3.63, 3.8) is 0 Å². The highest BCUT2D eigenvalue weighted by Crippen LogP contribution is 2.25. The smallest absolute Gasteiger partial charge is 0.139 e. The lowest BCUT2D eigenvalue weighted by Crippen LogP contribution is -2.02. The SMILES string of the molecule is NCc1c(-c2ccccc2)nc2cc(Cl)ccn12. The zero-order valence-corrected chi connectivity index (χ0v) is 10.4. The maximum absolute atomic E-state index is 5.98. The van der Waals surface area contributed by atoms with Crippen LogP contribution in [0, 0.1) is 0 Å². The monoisotopic (exact) mass is 257 g/mol. The second kappa shape index (κ2) is 4.44. The Balaban J connectivity index is 2.29. The summed E-state index contributed by atoms with van der Waals surface area (Å²) in [5.41, 5.74) is 9.64. The number of halogens is 1. The van der Waals surface area contributed by atoms with Crippen molar-refractivity contribution in [3.8, 4) is 11.3 Å². The Morgan fingerprint density at radius 1 is 1.17 bits per heavy atom. The van der Waals surface area contributed by atoms with Gasteiger partial charge >= 0.3 is 0 Å². The van der Waals surface area contributed by atoms with E-state index in [0.29, 0.717) is 11.6 Å². The van der Waals surface area contributed by atoms with E-state index in [1.54, 1.807) is 0 Å². The molecule has 2 heterocycles. The molecule has 0 amide bonds. The number of rotatable bonds is 2. The van der Waals surface area contributed by atoms with E-state index in [9.17, 15) is 0 Å². The Hall–Kier alpha value is -1.84. The van der Waals surface area contributed by atoms with Gasteiger partial charge in [0.15, 0.2) is 0 Å². The first-order chi connectivity index (χ1) is 8.79. The number of nitrogens with two attached hydrogens (primary N) is 1. The normalized spacial score (nSPS) is 11.0. The summed E-state index contributed by atoms with van der Waals surface area (Å²) >= 11 is 5.98. The van der Waals surface area contributed by atoms with Gasteiger partial charge in [0.25, 0.3) is 0 Å². The zero-order valence-electron chi connectivity index (χ0n) is 9.68. The molecule has 3 nitrogen and oxygen atoms in total. The molecule has 0 radical (unpaired) electrons. The Bertz CT molecular complexity index is 689. The maximum atomic E-state index is 5.98. The van der Waals surface area contributed by atoms with Gasteiger partial charge < -0.3 is 10.1 Å². The summed E-state index contributed by atoms with van der Waals surface area (Å²) in [5, 5.41) is 0.677. The second-order valence-electron chi connectivity index (χ2n) is 4.05. The number of hydrogen-bond donors (Lipinski definition) is 1. The second-order valence-corrected chi connectivity index (χ2v) is 4.49. The third kappa shape index (κ3) is 1.78. The van der Waals surface area contributed by atoms with Crippen LogP contribution in [0.2, 0.25) is 5.02 Å². The molecule has 0 spiro atoms. The minimum Gasteiger partial charge on any atom is -0.325 e. The van der Waals surface area contributed by atoms with Crippen molar-refractivity contribution in [2.75, 3.05) is 0 Å². The average Bonchev–Trinajstić information content (AvgIpc) is 2.77. The number of benzene rings is 1. The van der Waals surface area contributed by atoms with Crippen molar-refractivity contribution in [1.82, 2.24) is 9.38 Å². The van der Waals surface area contributed by atoms with Crippen LogP contribution >= 0.6 is 11.6 Å². The number of pyridine rings is 1. The van der Waals surface area contributed by atoms with E-state index in [2.05, 4.69) is 4.98 Å². The van der Waals surface area contributed by atoms with Gasteiger partial charge in [-0.25, -0.2) is 4.98 Å². The quantitative estimate of drug-likeness (QED) is 0.767. The van der Waals surface area contributed by atoms with E-state index in [1.807, 2.05) is 53.1 Å². The molecule has 0 saturated heterocycles. The standard InChI is InChI=1S/C14H12ClN3/c15-11-6-7-18-12(9-16)14(17-13(18)8-11)10-4-2-1-3-5-10/h1-8H,9,16H2. The van der Waals surface area contributed by atoms with Crippen LogP contribution in [-0.2, 0) is 6.54 Å². The van der Waals surface area contributed by atoms with Crippen molar-refractivity contribution >= 4 is 17.2 Å². The lowest BCUT2D eigenvalue weighted by atomic mass is 10.1. The minimum atomic E-state index is 0.438. The molecule has 0 fully saturated rings. The van der Waals surface area contributed by atoms with Crippen molar-refractivity contribution in [2.45, 2.75) is 6.54 Å². The first kappa shape index (κ1) is 11.3. The Morgan fingerprint density at radius 3 is 2.67 bits per heavy atom. The predicted octanol–water partition coefficient (Wildman–Crippen LogP) is 3.11. The summed E-state index contributed by atoms with van der Waals surface area (Å²) in [5.74, 6) is 0. The highest BCUT2D eigenvalue weighted by Gasteiger charge is 2.12. The van der Waals surface area contributed by atoms with Crippen LogP contribution in [0.1, 0.15) is 5.69 Å². The first-order valence-corrected chi connectivity index (χ1v) is 6.09. The van der Waals surface area contributed by atoms with Crippen LogP contribution < -0.4 is 5.73 Å². The van der Waals surface area contributed by atoms with Gasteiger partial charge in [0.05, 0.1) is 11.4 Å². The van der Waals surface area contributed by atoms with Crippen LogP contribution in [-0.4, -0.2) is 9.38 Å². The number of fused-ring (bicyclic) bond motifs is 1. The zero-order chi connectivity index (χ0) is 12.5. The molecule has 0 saturated carbocycles. The van der Waals surface area contributed by atoms with Crippen LogP contribution in [0.3, 0.4) is 0 Å². The molecule has 2 aromatic heterocycles. The molecule has 0 unspecified atom stereocenters. The lowest BCUT2D eigenvalue weighted by molar-refractivity contribution is 0.962. The van der Waals surface area contributed by atoms with Crippen LogP contribution in [0.5, 0.6) is 0 Å². The van der Waals surface area contributed by atoms with Crippen molar-refractivity contribution in [1.29, 1.82) is 0 Å². The fraction of sp³-hybridized carbons (Fsp3) is 0.0714. The molecule has 3 aromatic rings. The van der Waals surface area contributed by atoms with Crippen molar-refractivity contribution < 1.29 is 0 Å². The van der Waals surface area contributed by atoms with E-state index >= 15 is 0 Å². The summed E-state index contributed by atoms with van der Waals surface area (Å²) in [7, 11) is 0. The molecule has 4 heteroatoms. The van der Waals surface area contributed by atoms with Crippen LogP contribution in [0.4, 0.5) is 0 Å². The lowest BCUT2D eigenvalue weighted by Gasteiger charge is -2.01. The molecule has 3 rings (SSSR count). The summed E-state index contributed by atoms with van der Waals surface area (Å²) in [6, 6.07) is 13.7. The summed E-state index contributed by atoms with van der Waals surface area (Å²) in [6.07, 6.45) is 1.90. The minimum absolute atomic E-state index is 0.438. The molecule has 90 valence electrons. The number of nitrogens with zero attached hydrogens (tertiary/aromatic N) is 2. The topological polar surface area (TPSA) is 43.3 Å². The van der Waals surface area contributed by atoms with Gasteiger partial charge in [0, 0.05) is 29.4 Å². The van der Waals surface area contributed by atoms with Crippen LogP contribution in [0.25, 0.3) is 16.9 Å². The summed E-state index contributed by atoms with van der Waals surface area (Å²) in [4.78, 5) is 4.61. The fourth-order valence-electron chi connectivity index (χ4n) is 2.09. The van der Waals surface area contributed by atoms with Gasteiger partial charge in [-0.3, -0.25) is 0 Å². The van der Waals surface area contributed by atoms with E-state index in [0.717, 1.165) is 22.6 Å². The summed E-state index contributed by atoms with van der Waals surface area (Å²) in [6.45, 7) is 0.438. The molecule has 18 heavy (non-hydrogen) atoms. The average molecular weight is 258 g/mol. The van der Waals surface area contributed by atoms with Gasteiger partial charge in [0.1, 0.15) is 5.65 Å². The number of imidazole rings is 1. The number of hydrogen-bond acceptors (Lipinski definition) is 2. The van der Waals surface area contributed by atoms with E-state index in [1.165, 1.54) is 0 Å². The number of aromatic nitrogens is 2. The fourth-order valence-corrected chi connectivity index (χ4v) is 2.25. The Kier molecular flexibility index (Phi) is 2.78. The highest BCUT2D eigenvalue weighted by molar-refractivity contribution is 6.30. The van der Waals surface area contributed by atoms with Crippen molar-refractivity contribution in [2.24, 2.45) is 5.73 Å². The van der Waals surface area contributed by atoms with E-state index in [-0.39, 0.29) is 0 Å². The van der Waals surface area contributed by atoms with Gasteiger partial charge in [-0.15, -0.1) is 0 Å². The van der Waals surface area contributed by atoms with Gasteiger partial charge in [-0.1, -0.05) is 41.9 Å². The predicted molar refractivity (Wildman–Crippen MR) is 73.5 cm³/mol. The van der Waals surface area contributed by atoms with Gasteiger partial charge in [-0.2, -0.15) is 0 Å². The molecule has 0 aliphatic rings. The Morgan fingerprint density at radius 2 is 1.94 bits per heavy atom. The van der Waals surface area contributed by atoms with Gasteiger partial charge in [-0.05, 0) is 6.07 Å². The molecule has 2 N–H and O–H groups in total. The van der Waals surface area contributed by atoms with Crippen molar-refractivity contribution in [3.05, 3.63) is 59.4 Å². The third-order valence-corrected chi connectivity index (χ3v) is 3.16. The molecular weight excluding hydrogens is 246 g/mol. The van der Waals surface area contributed by atoms with Crippen LogP contribution in [0.15, 0.2) is 48.7 Å². The summed E-state index contributed by atoms with van der Waals surface area (Å²) < 4.78 is 1.98. The molecule has 0 aliphatic heterocycles. The molecule has 0 bridgehead atoms. The molecular formula is C14H12ClN3. The third-order valence-electron chi connectivity index (χ3n) is 2.93. The van der Waals surface area contributed by atoms with E-state index < -0.39 is 0 Å².